The Morgan fingerprint density at radius 1 is 0.722 bits per heavy atom. The molecule has 0 saturated carbocycles. The van der Waals surface area contributed by atoms with Gasteiger partial charge in [0.1, 0.15) is 0 Å². The third-order valence-electron chi connectivity index (χ3n) is 3.69. The molecule has 0 unspecified atom stereocenters. The molecule has 0 nitrogen and oxygen atoms in total. The topological polar surface area (TPSA) is 0 Å². The van der Waals surface area contributed by atoms with Gasteiger partial charge in [0.05, 0.1) is 0 Å². The Balaban J connectivity index is 0.000001000. The van der Waals surface area contributed by atoms with Crippen LogP contribution in [0.1, 0.15) is 18.6 Å². The van der Waals surface area contributed by atoms with E-state index in [0.29, 0.717) is 0 Å². The van der Waals surface area contributed by atoms with Crippen LogP contribution in [0.3, 0.4) is 0 Å². The van der Waals surface area contributed by atoms with E-state index >= 15 is 0 Å². The van der Waals surface area contributed by atoms with Crippen molar-refractivity contribution in [1.82, 2.24) is 0 Å². The smallest absolute Gasteiger partial charge is 0.00820 e. The van der Waals surface area contributed by atoms with Gasteiger partial charge >= 0.3 is 0 Å². The first-order valence-electron chi connectivity index (χ1n) is 6.03. The van der Waals surface area contributed by atoms with Crippen molar-refractivity contribution < 1.29 is 0 Å². The van der Waals surface area contributed by atoms with Crippen LogP contribution >= 0.6 is 0 Å². The fourth-order valence-electron chi connectivity index (χ4n) is 2.86. The summed E-state index contributed by atoms with van der Waals surface area (Å²) in [4.78, 5) is 0. The summed E-state index contributed by atoms with van der Waals surface area (Å²) in [6, 6.07) is 17.6. The lowest BCUT2D eigenvalue weighted by atomic mass is 9.96. The van der Waals surface area contributed by atoms with Crippen molar-refractivity contribution in [2.75, 3.05) is 0 Å². The van der Waals surface area contributed by atoms with E-state index in [1.54, 1.807) is 0 Å². The molecule has 4 rings (SSSR count). The van der Waals surface area contributed by atoms with Gasteiger partial charge in [0.15, 0.2) is 0 Å². The molecule has 0 saturated heterocycles. The Morgan fingerprint density at radius 2 is 1.56 bits per heavy atom. The minimum atomic E-state index is 0. The predicted molar refractivity (Wildman–Crippen MR) is 80.9 cm³/mol. The normalized spacial score (nSPS) is 12.7. The van der Waals surface area contributed by atoms with Crippen molar-refractivity contribution in [1.29, 1.82) is 0 Å². The van der Waals surface area contributed by atoms with Crippen LogP contribution in [-0.2, 0) is 6.42 Å². The van der Waals surface area contributed by atoms with Crippen LogP contribution in [0.5, 0.6) is 0 Å². The van der Waals surface area contributed by atoms with Crippen LogP contribution in [0.4, 0.5) is 0 Å². The molecular formula is C18H16. The van der Waals surface area contributed by atoms with Gasteiger partial charge in [-0.25, -0.2) is 0 Å². The highest BCUT2D eigenvalue weighted by Crippen LogP contribution is 2.32. The molecule has 0 aromatic heterocycles. The maximum atomic E-state index is 2.27. The van der Waals surface area contributed by atoms with Crippen LogP contribution in [0.15, 0.2) is 54.6 Å². The Labute approximate surface area is 108 Å². The summed E-state index contributed by atoms with van der Waals surface area (Å²) < 4.78 is 0. The number of fused-ring (bicyclic) bond motifs is 5. The van der Waals surface area contributed by atoms with Gasteiger partial charge in [0.2, 0.25) is 0 Å². The first-order chi connectivity index (χ1) is 8.43. The van der Waals surface area contributed by atoms with Crippen LogP contribution in [-0.4, -0.2) is 0 Å². The average molecular weight is 232 g/mol. The summed E-state index contributed by atoms with van der Waals surface area (Å²) >= 11 is 0. The molecular weight excluding hydrogens is 216 g/mol. The predicted octanol–water partition coefficient (Wildman–Crippen LogP) is 5.20. The minimum absolute atomic E-state index is 0. The van der Waals surface area contributed by atoms with Gasteiger partial charge in [-0.2, -0.15) is 0 Å². The standard InChI is InChI=1S/C17H12.CH4/c1-2-6-14-12(4-1)8-10-17-15-7-3-5-13(15)9-11-16(14)17;/h1-6,8-11H,7H2;1H4. The van der Waals surface area contributed by atoms with Gasteiger partial charge in [-0.3, -0.25) is 0 Å². The second-order valence-electron chi connectivity index (χ2n) is 4.62. The van der Waals surface area contributed by atoms with Gasteiger partial charge in [0.25, 0.3) is 0 Å². The van der Waals surface area contributed by atoms with Crippen molar-refractivity contribution in [2.24, 2.45) is 0 Å². The molecule has 18 heavy (non-hydrogen) atoms. The summed E-state index contributed by atoms with van der Waals surface area (Å²) in [7, 11) is 0. The minimum Gasteiger partial charge on any atom is -0.0795 e. The number of benzene rings is 3. The lowest BCUT2D eigenvalue weighted by Crippen LogP contribution is -1.86. The van der Waals surface area contributed by atoms with E-state index in [1.807, 2.05) is 0 Å². The summed E-state index contributed by atoms with van der Waals surface area (Å²) in [5.41, 5.74) is 2.86. The number of hydrogen-bond acceptors (Lipinski definition) is 0. The molecule has 0 aliphatic heterocycles. The van der Waals surface area contributed by atoms with Gasteiger partial charge in [-0.05, 0) is 39.1 Å². The third-order valence-corrected chi connectivity index (χ3v) is 3.69. The molecule has 0 atom stereocenters. The van der Waals surface area contributed by atoms with E-state index in [9.17, 15) is 0 Å². The Hall–Kier alpha value is -2.08. The SMILES string of the molecule is C.C1=Cc2ccc3c(ccc4ccccc43)c2C1. The first-order valence-corrected chi connectivity index (χ1v) is 6.03. The molecule has 3 aromatic carbocycles. The summed E-state index contributed by atoms with van der Waals surface area (Å²) in [5.74, 6) is 0. The highest BCUT2D eigenvalue weighted by Gasteiger charge is 2.10. The number of rotatable bonds is 0. The van der Waals surface area contributed by atoms with Crippen LogP contribution in [0.25, 0.3) is 27.6 Å². The van der Waals surface area contributed by atoms with Crippen LogP contribution in [0, 0.1) is 0 Å². The van der Waals surface area contributed by atoms with Crippen molar-refractivity contribution in [3.05, 3.63) is 65.7 Å². The van der Waals surface area contributed by atoms with Gasteiger partial charge in [-0.1, -0.05) is 68.1 Å². The number of allylic oxidation sites excluding steroid dienone is 1. The molecule has 1 aliphatic carbocycles. The molecule has 0 bridgehead atoms. The Bertz CT molecular complexity index is 763. The van der Waals surface area contributed by atoms with E-state index in [0.717, 1.165) is 6.42 Å². The molecule has 0 spiro atoms. The molecule has 0 radical (unpaired) electrons. The third kappa shape index (κ3) is 1.39. The summed E-state index contributed by atoms with van der Waals surface area (Å²) in [5, 5.41) is 5.47. The molecule has 1 aliphatic rings. The van der Waals surface area contributed by atoms with Crippen molar-refractivity contribution in [3.63, 3.8) is 0 Å². The molecule has 0 amide bonds. The molecule has 3 aromatic rings. The van der Waals surface area contributed by atoms with E-state index in [-0.39, 0.29) is 7.43 Å². The van der Waals surface area contributed by atoms with Crippen molar-refractivity contribution in [2.45, 2.75) is 13.8 Å². The van der Waals surface area contributed by atoms with Crippen LogP contribution < -0.4 is 0 Å². The molecule has 0 heteroatoms. The van der Waals surface area contributed by atoms with Crippen molar-refractivity contribution >= 4 is 27.6 Å². The Morgan fingerprint density at radius 3 is 2.50 bits per heavy atom. The zero-order chi connectivity index (χ0) is 11.2. The van der Waals surface area contributed by atoms with Crippen molar-refractivity contribution in [3.8, 4) is 0 Å². The van der Waals surface area contributed by atoms with Gasteiger partial charge < -0.3 is 0 Å². The van der Waals surface area contributed by atoms with E-state index in [4.69, 9.17) is 0 Å². The first kappa shape index (κ1) is 11.0. The maximum Gasteiger partial charge on any atom is -0.00820 e. The van der Waals surface area contributed by atoms with E-state index in [1.165, 1.54) is 32.7 Å². The average Bonchev–Trinajstić information content (AvgIpc) is 2.86. The Kier molecular flexibility index (Phi) is 2.45. The fraction of sp³-hybridized carbons (Fsp3) is 0.111. The highest BCUT2D eigenvalue weighted by molar-refractivity contribution is 6.09. The largest absolute Gasteiger partial charge is 0.0795 e. The van der Waals surface area contributed by atoms with Crippen LogP contribution in [0.2, 0.25) is 0 Å². The molecule has 0 heterocycles. The fourth-order valence-corrected chi connectivity index (χ4v) is 2.86. The zero-order valence-electron chi connectivity index (χ0n) is 9.48. The zero-order valence-corrected chi connectivity index (χ0v) is 9.48. The second kappa shape index (κ2) is 3.99. The molecule has 88 valence electrons. The van der Waals surface area contributed by atoms with Gasteiger partial charge in [0, 0.05) is 0 Å². The highest BCUT2D eigenvalue weighted by atomic mass is 14.1. The maximum absolute atomic E-state index is 2.27. The summed E-state index contributed by atoms with van der Waals surface area (Å²) in [6.07, 6.45) is 5.55. The van der Waals surface area contributed by atoms with E-state index < -0.39 is 0 Å². The monoisotopic (exact) mass is 232 g/mol. The van der Waals surface area contributed by atoms with Gasteiger partial charge in [-0.15, -0.1) is 0 Å². The molecule has 0 N–H and O–H groups in total. The summed E-state index contributed by atoms with van der Waals surface area (Å²) in [6.45, 7) is 0. The lowest BCUT2D eigenvalue weighted by molar-refractivity contribution is 1.35. The quantitative estimate of drug-likeness (QED) is 0.467. The second-order valence-corrected chi connectivity index (χ2v) is 4.62. The lowest BCUT2D eigenvalue weighted by Gasteiger charge is -2.08. The molecule has 0 fully saturated rings. The van der Waals surface area contributed by atoms with E-state index in [2.05, 4.69) is 60.7 Å². The number of hydrogen-bond donors (Lipinski definition) is 0.